The zero-order chi connectivity index (χ0) is 17.3. The van der Waals surface area contributed by atoms with Crippen LogP contribution in [-0.4, -0.2) is 20.4 Å². The van der Waals surface area contributed by atoms with E-state index in [4.69, 9.17) is 0 Å². The van der Waals surface area contributed by atoms with Crippen LogP contribution in [0.2, 0.25) is 0 Å². The molecule has 0 atom stereocenters. The summed E-state index contributed by atoms with van der Waals surface area (Å²) in [4.78, 5) is 26.8. The smallest absolute Gasteiger partial charge is 0.269 e. The number of carbonyl (C=O) groups excluding carboxylic acids is 1. The minimum Gasteiger partial charge on any atom is -0.269 e. The third-order valence-electron chi connectivity index (χ3n) is 3.92. The lowest BCUT2D eigenvalue weighted by molar-refractivity contribution is -0.384. The van der Waals surface area contributed by atoms with E-state index in [1.54, 1.807) is 18.2 Å². The number of allylic oxidation sites excluding steroid dienone is 1. The zero-order valence-electron chi connectivity index (χ0n) is 13.3. The molecule has 120 valence electrons. The Morgan fingerprint density at radius 1 is 1.17 bits per heavy atom. The highest BCUT2D eigenvalue weighted by molar-refractivity contribution is 5.99. The zero-order valence-corrected chi connectivity index (χ0v) is 13.3. The largest absolute Gasteiger partial charge is 0.269 e. The molecule has 0 N–H and O–H groups in total. The summed E-state index contributed by atoms with van der Waals surface area (Å²) in [5, 5.41) is 10.6. The fourth-order valence-electron chi connectivity index (χ4n) is 2.39. The molecular formula is C18H15N3O3. The Kier molecular flexibility index (Phi) is 3.95. The van der Waals surface area contributed by atoms with E-state index in [2.05, 4.69) is 4.98 Å². The maximum Gasteiger partial charge on any atom is 0.269 e. The van der Waals surface area contributed by atoms with E-state index >= 15 is 0 Å². The fourth-order valence-corrected chi connectivity index (χ4v) is 2.39. The van der Waals surface area contributed by atoms with Gasteiger partial charge in [-0.15, -0.1) is 0 Å². The van der Waals surface area contributed by atoms with Gasteiger partial charge in [-0.3, -0.25) is 19.5 Å². The van der Waals surface area contributed by atoms with Crippen LogP contribution in [0.3, 0.4) is 0 Å². The molecule has 3 rings (SSSR count). The number of aromatic nitrogens is 2. The number of nitro benzene ring substituents is 1. The average molecular weight is 321 g/mol. The molecule has 0 saturated heterocycles. The number of aryl methyl sites for hydroxylation is 2. The Labute approximate surface area is 138 Å². The van der Waals surface area contributed by atoms with E-state index in [1.165, 1.54) is 29.1 Å². The first-order valence-electron chi connectivity index (χ1n) is 7.37. The minimum atomic E-state index is -0.458. The van der Waals surface area contributed by atoms with Crippen molar-refractivity contribution in [2.75, 3.05) is 0 Å². The number of hydrogen-bond donors (Lipinski definition) is 0. The van der Waals surface area contributed by atoms with Gasteiger partial charge in [0, 0.05) is 18.2 Å². The number of nitrogens with zero attached hydrogens (tertiary/aromatic N) is 3. The molecule has 1 aromatic heterocycles. The number of rotatable bonds is 3. The molecule has 0 spiro atoms. The van der Waals surface area contributed by atoms with Gasteiger partial charge in [-0.25, -0.2) is 4.98 Å². The van der Waals surface area contributed by atoms with Crippen molar-refractivity contribution in [1.82, 2.24) is 9.55 Å². The molecule has 0 aliphatic rings. The van der Waals surface area contributed by atoms with Crippen molar-refractivity contribution in [3.8, 4) is 0 Å². The third kappa shape index (κ3) is 2.94. The molecule has 6 nitrogen and oxygen atoms in total. The predicted octanol–water partition coefficient (Wildman–Crippen LogP) is 3.91. The summed E-state index contributed by atoms with van der Waals surface area (Å²) in [6.07, 6.45) is 4.56. The summed E-state index contributed by atoms with van der Waals surface area (Å²) in [6, 6.07) is 9.90. The normalized spacial score (nSPS) is 11.2. The monoisotopic (exact) mass is 321 g/mol. The molecule has 0 fully saturated rings. The quantitative estimate of drug-likeness (QED) is 0.416. The van der Waals surface area contributed by atoms with Gasteiger partial charge in [0.05, 0.1) is 16.0 Å². The van der Waals surface area contributed by atoms with Crippen LogP contribution in [0.1, 0.15) is 21.5 Å². The van der Waals surface area contributed by atoms with E-state index in [9.17, 15) is 14.9 Å². The van der Waals surface area contributed by atoms with Gasteiger partial charge in [0.25, 0.3) is 11.6 Å². The summed E-state index contributed by atoms with van der Waals surface area (Å²) < 4.78 is 1.49. The van der Waals surface area contributed by atoms with Gasteiger partial charge in [0.15, 0.2) is 0 Å². The summed E-state index contributed by atoms with van der Waals surface area (Å²) >= 11 is 0. The Balaban J connectivity index is 1.87. The van der Waals surface area contributed by atoms with Crippen LogP contribution in [0.15, 0.2) is 48.8 Å². The second kappa shape index (κ2) is 6.08. The summed E-state index contributed by atoms with van der Waals surface area (Å²) in [5.41, 5.74) is 4.49. The molecule has 0 unspecified atom stereocenters. The number of fused-ring (bicyclic) bond motifs is 1. The maximum atomic E-state index is 12.4. The molecule has 0 radical (unpaired) electrons. The third-order valence-corrected chi connectivity index (χ3v) is 3.92. The SMILES string of the molecule is Cc1cc2ncn(C(=O)C=Cc3ccc([N+](=O)[O-])cc3)c2cc1C. The van der Waals surface area contributed by atoms with Crippen LogP contribution in [0.4, 0.5) is 5.69 Å². The van der Waals surface area contributed by atoms with Crippen LogP contribution < -0.4 is 0 Å². The summed E-state index contributed by atoms with van der Waals surface area (Å²) in [6.45, 7) is 3.99. The van der Waals surface area contributed by atoms with Crippen LogP contribution in [0, 0.1) is 24.0 Å². The molecule has 3 aromatic rings. The van der Waals surface area contributed by atoms with Crippen LogP contribution >= 0.6 is 0 Å². The van der Waals surface area contributed by atoms with Crippen LogP contribution in [0.25, 0.3) is 17.1 Å². The molecule has 6 heteroatoms. The molecule has 0 saturated carbocycles. The lowest BCUT2D eigenvalue weighted by atomic mass is 10.1. The van der Waals surface area contributed by atoms with Gasteiger partial charge in [0.1, 0.15) is 6.33 Å². The number of benzene rings is 2. The molecular weight excluding hydrogens is 306 g/mol. The molecule has 2 aromatic carbocycles. The van der Waals surface area contributed by atoms with Crippen molar-refractivity contribution in [3.05, 3.63) is 75.6 Å². The van der Waals surface area contributed by atoms with Gasteiger partial charge in [0.2, 0.25) is 0 Å². The minimum absolute atomic E-state index is 0.0184. The number of carbonyl (C=O) groups is 1. The number of non-ortho nitro benzene ring substituents is 1. The first-order chi connectivity index (χ1) is 11.5. The number of nitro groups is 1. The predicted molar refractivity (Wildman–Crippen MR) is 92.0 cm³/mol. The maximum absolute atomic E-state index is 12.4. The van der Waals surface area contributed by atoms with E-state index in [0.29, 0.717) is 5.56 Å². The Hall–Kier alpha value is -3.28. The van der Waals surface area contributed by atoms with Crippen LogP contribution in [-0.2, 0) is 0 Å². The standard InChI is InChI=1S/C18H15N3O3/c1-12-9-16-17(10-13(12)2)20(11-19-16)18(22)8-5-14-3-6-15(7-4-14)21(23)24/h3-11H,1-2H3. The highest BCUT2D eigenvalue weighted by Crippen LogP contribution is 2.19. The molecule has 0 amide bonds. The summed E-state index contributed by atoms with van der Waals surface area (Å²) in [7, 11) is 0. The van der Waals surface area contributed by atoms with Gasteiger partial charge >= 0.3 is 0 Å². The van der Waals surface area contributed by atoms with E-state index in [1.807, 2.05) is 26.0 Å². The summed E-state index contributed by atoms with van der Waals surface area (Å²) in [5.74, 6) is -0.223. The number of hydrogen-bond acceptors (Lipinski definition) is 4. The molecule has 24 heavy (non-hydrogen) atoms. The van der Waals surface area contributed by atoms with Crippen LogP contribution in [0.5, 0.6) is 0 Å². The Morgan fingerprint density at radius 3 is 2.50 bits per heavy atom. The lowest BCUT2D eigenvalue weighted by Crippen LogP contribution is -2.05. The van der Waals surface area contributed by atoms with Crippen molar-refractivity contribution in [2.24, 2.45) is 0 Å². The molecule has 0 bridgehead atoms. The second-order valence-corrected chi connectivity index (χ2v) is 5.56. The Bertz CT molecular complexity index is 969. The van der Waals surface area contributed by atoms with Gasteiger partial charge in [-0.05, 0) is 60.9 Å². The van der Waals surface area contributed by atoms with Crippen molar-refractivity contribution in [1.29, 1.82) is 0 Å². The Morgan fingerprint density at radius 2 is 1.83 bits per heavy atom. The fraction of sp³-hybridized carbons (Fsp3) is 0.111. The lowest BCUT2D eigenvalue weighted by Gasteiger charge is -2.02. The first kappa shape index (κ1) is 15.6. The molecule has 1 heterocycles. The average Bonchev–Trinajstić information content (AvgIpc) is 2.96. The highest BCUT2D eigenvalue weighted by Gasteiger charge is 2.09. The highest BCUT2D eigenvalue weighted by atomic mass is 16.6. The number of imidazole rings is 1. The van der Waals surface area contributed by atoms with Crippen molar-refractivity contribution in [3.63, 3.8) is 0 Å². The van der Waals surface area contributed by atoms with Gasteiger partial charge in [-0.2, -0.15) is 0 Å². The van der Waals surface area contributed by atoms with Crippen molar-refractivity contribution in [2.45, 2.75) is 13.8 Å². The van der Waals surface area contributed by atoms with E-state index < -0.39 is 4.92 Å². The van der Waals surface area contributed by atoms with E-state index in [-0.39, 0.29) is 11.6 Å². The van der Waals surface area contributed by atoms with E-state index in [0.717, 1.165) is 22.2 Å². The van der Waals surface area contributed by atoms with Crippen molar-refractivity contribution < 1.29 is 9.72 Å². The van der Waals surface area contributed by atoms with Gasteiger partial charge < -0.3 is 0 Å². The first-order valence-corrected chi connectivity index (χ1v) is 7.37. The topological polar surface area (TPSA) is 78.0 Å². The molecule has 0 aliphatic heterocycles. The van der Waals surface area contributed by atoms with Crippen molar-refractivity contribution >= 4 is 28.7 Å². The molecule has 0 aliphatic carbocycles. The van der Waals surface area contributed by atoms with Gasteiger partial charge in [-0.1, -0.05) is 0 Å². The second-order valence-electron chi connectivity index (χ2n) is 5.56.